The van der Waals surface area contributed by atoms with Gasteiger partial charge in [0.1, 0.15) is 18.8 Å². The van der Waals surface area contributed by atoms with Gasteiger partial charge < -0.3 is 9.84 Å². The first-order valence-electron chi connectivity index (χ1n) is 6.59. The van der Waals surface area contributed by atoms with Crippen LogP contribution in [0, 0.1) is 0 Å². The third-order valence-corrected chi connectivity index (χ3v) is 3.35. The van der Waals surface area contributed by atoms with Crippen LogP contribution in [0.1, 0.15) is 32.6 Å². The fourth-order valence-electron chi connectivity index (χ4n) is 1.58. The van der Waals surface area contributed by atoms with Crippen LogP contribution in [0.2, 0.25) is 0 Å². The lowest BCUT2D eigenvalue weighted by atomic mass is 10.4. The average Bonchev–Trinajstić information content (AvgIpc) is 3.31. The summed E-state index contributed by atoms with van der Waals surface area (Å²) >= 11 is 0. The molecular weight excluding hydrogens is 268 g/mol. The highest BCUT2D eigenvalue weighted by Gasteiger charge is 2.46. The monoisotopic (exact) mass is 288 g/mol. The second kappa shape index (κ2) is 6.04. The zero-order valence-corrected chi connectivity index (χ0v) is 11.4. The molecule has 0 radical (unpaired) electrons. The Balaban J connectivity index is 1.59. The molecule has 0 unspecified atom stereocenters. The Hall–Kier alpha value is -1.22. The van der Waals surface area contributed by atoms with Gasteiger partial charge in [-0.05, 0) is 25.7 Å². The zero-order chi connectivity index (χ0) is 14.6. The number of amides is 2. The van der Waals surface area contributed by atoms with Crippen molar-refractivity contribution in [2.45, 2.75) is 43.8 Å². The Kier molecular flexibility index (Phi) is 4.59. The van der Waals surface area contributed by atoms with Crippen LogP contribution in [-0.4, -0.2) is 47.9 Å². The average molecular weight is 288 g/mol. The molecule has 0 spiro atoms. The molecular formula is C12H20N2O6. The number of carbonyl (C=O) groups is 2. The van der Waals surface area contributed by atoms with Gasteiger partial charge in [-0.15, -0.1) is 0 Å². The summed E-state index contributed by atoms with van der Waals surface area (Å²) < 4.78 is 5.47. The van der Waals surface area contributed by atoms with Crippen LogP contribution in [0.25, 0.3) is 0 Å². The molecule has 0 bridgehead atoms. The van der Waals surface area contributed by atoms with Gasteiger partial charge in [-0.2, -0.15) is 0 Å². The van der Waals surface area contributed by atoms with E-state index >= 15 is 0 Å². The third-order valence-electron chi connectivity index (χ3n) is 3.35. The topological polar surface area (TPSA) is 106 Å². The number of ether oxygens (including phenoxy) is 1. The molecule has 2 saturated carbocycles. The lowest BCUT2D eigenvalue weighted by Gasteiger charge is -2.17. The van der Waals surface area contributed by atoms with Crippen molar-refractivity contribution < 1.29 is 29.1 Å². The molecule has 3 N–H and O–H groups in total. The Morgan fingerprint density at radius 3 is 2.30 bits per heavy atom. The van der Waals surface area contributed by atoms with E-state index in [0.717, 1.165) is 25.7 Å². The second-order valence-corrected chi connectivity index (χ2v) is 5.39. The third kappa shape index (κ3) is 4.41. The zero-order valence-electron chi connectivity index (χ0n) is 11.4. The van der Waals surface area contributed by atoms with Crippen molar-refractivity contribution in [3.05, 3.63) is 0 Å². The molecule has 2 rings (SSSR count). The summed E-state index contributed by atoms with van der Waals surface area (Å²) in [5.41, 5.74) is 3.41. The molecule has 0 aromatic carbocycles. The molecule has 8 nitrogen and oxygen atoms in total. The quantitative estimate of drug-likeness (QED) is 0.478. The predicted molar refractivity (Wildman–Crippen MR) is 66.0 cm³/mol. The molecule has 0 aromatic heterocycles. The van der Waals surface area contributed by atoms with Crippen LogP contribution in [0.15, 0.2) is 0 Å². The summed E-state index contributed by atoms with van der Waals surface area (Å²) in [6, 6.07) is 0. The highest BCUT2D eigenvalue weighted by Crippen LogP contribution is 2.40. The number of aliphatic hydroxyl groups excluding tert-OH is 1. The molecule has 2 amide bonds. The van der Waals surface area contributed by atoms with Crippen molar-refractivity contribution in [1.82, 2.24) is 11.0 Å². The van der Waals surface area contributed by atoms with Crippen LogP contribution in [-0.2, 0) is 24.0 Å². The molecule has 8 heteroatoms. The van der Waals surface area contributed by atoms with Crippen molar-refractivity contribution >= 4 is 11.8 Å². The minimum Gasteiger partial charge on any atom is -0.393 e. The van der Waals surface area contributed by atoms with Crippen LogP contribution >= 0.6 is 0 Å². The molecule has 2 aliphatic carbocycles. The van der Waals surface area contributed by atoms with E-state index in [9.17, 15) is 9.59 Å². The summed E-state index contributed by atoms with van der Waals surface area (Å²) in [6.45, 7) is 1.30. The Labute approximate surface area is 116 Å². The SMILES string of the molecule is CC(=O)NOCC1(OCC(=O)NOC2(CO)CC2)CC1. The molecule has 0 heterocycles. The van der Waals surface area contributed by atoms with Gasteiger partial charge in [-0.25, -0.2) is 11.0 Å². The van der Waals surface area contributed by atoms with Crippen molar-refractivity contribution in [2.24, 2.45) is 0 Å². The van der Waals surface area contributed by atoms with Gasteiger partial charge >= 0.3 is 0 Å². The summed E-state index contributed by atoms with van der Waals surface area (Å²) in [4.78, 5) is 32.3. The maximum Gasteiger partial charge on any atom is 0.269 e. The molecule has 0 aromatic rings. The number of aliphatic hydroxyl groups is 1. The summed E-state index contributed by atoms with van der Waals surface area (Å²) in [5.74, 6) is -0.693. The molecule has 114 valence electrons. The van der Waals surface area contributed by atoms with Gasteiger partial charge in [-0.3, -0.25) is 19.3 Å². The fourth-order valence-corrected chi connectivity index (χ4v) is 1.58. The first-order chi connectivity index (χ1) is 9.49. The Morgan fingerprint density at radius 1 is 1.15 bits per heavy atom. The first-order valence-corrected chi connectivity index (χ1v) is 6.59. The number of rotatable bonds is 9. The van der Waals surface area contributed by atoms with Crippen LogP contribution in [0.5, 0.6) is 0 Å². The first kappa shape index (κ1) is 15.2. The van der Waals surface area contributed by atoms with E-state index in [-0.39, 0.29) is 25.7 Å². The molecule has 2 fully saturated rings. The lowest BCUT2D eigenvalue weighted by molar-refractivity contribution is -0.155. The van der Waals surface area contributed by atoms with Crippen molar-refractivity contribution in [3.63, 3.8) is 0 Å². The molecule has 20 heavy (non-hydrogen) atoms. The minimum atomic E-state index is -0.596. The maximum absolute atomic E-state index is 11.5. The molecule has 0 aliphatic heterocycles. The lowest BCUT2D eigenvalue weighted by Crippen LogP contribution is -2.37. The van der Waals surface area contributed by atoms with Crippen LogP contribution in [0.4, 0.5) is 0 Å². The molecule has 2 aliphatic rings. The van der Waals surface area contributed by atoms with Crippen LogP contribution < -0.4 is 11.0 Å². The van der Waals surface area contributed by atoms with E-state index in [1.807, 2.05) is 0 Å². The van der Waals surface area contributed by atoms with Gasteiger partial charge in [0.25, 0.3) is 5.91 Å². The van der Waals surface area contributed by atoms with E-state index in [1.54, 1.807) is 0 Å². The largest absolute Gasteiger partial charge is 0.393 e. The number of hydrogen-bond donors (Lipinski definition) is 3. The van der Waals surface area contributed by atoms with Crippen molar-refractivity contribution in [1.29, 1.82) is 0 Å². The Morgan fingerprint density at radius 2 is 1.80 bits per heavy atom. The van der Waals surface area contributed by atoms with Crippen molar-refractivity contribution in [3.8, 4) is 0 Å². The number of hydrogen-bond acceptors (Lipinski definition) is 6. The van der Waals surface area contributed by atoms with E-state index in [2.05, 4.69) is 11.0 Å². The highest BCUT2D eigenvalue weighted by molar-refractivity contribution is 5.76. The van der Waals surface area contributed by atoms with E-state index < -0.39 is 17.1 Å². The fraction of sp³-hybridized carbons (Fsp3) is 0.833. The molecule has 0 atom stereocenters. The summed E-state index contributed by atoms with van der Waals surface area (Å²) in [7, 11) is 0. The van der Waals surface area contributed by atoms with Gasteiger partial charge in [0.05, 0.1) is 12.2 Å². The van der Waals surface area contributed by atoms with E-state index in [4.69, 9.17) is 19.5 Å². The van der Waals surface area contributed by atoms with Gasteiger partial charge in [-0.1, -0.05) is 0 Å². The van der Waals surface area contributed by atoms with Gasteiger partial charge in [0.2, 0.25) is 5.91 Å². The standard InChI is InChI=1S/C12H20N2O6/c1-9(16)13-19-8-12(4-5-12)18-6-10(17)14-20-11(7-15)2-3-11/h15H,2-8H2,1H3,(H,13,16)(H,14,17). The second-order valence-electron chi connectivity index (χ2n) is 5.39. The predicted octanol–water partition coefficient (Wildman–Crippen LogP) is -0.824. The molecule has 0 saturated heterocycles. The summed E-state index contributed by atoms with van der Waals surface area (Å²) in [6.07, 6.45) is 3.03. The van der Waals surface area contributed by atoms with Crippen LogP contribution in [0.3, 0.4) is 0 Å². The minimum absolute atomic E-state index is 0.109. The van der Waals surface area contributed by atoms with Gasteiger partial charge in [0, 0.05) is 6.92 Å². The number of nitrogens with one attached hydrogen (secondary N) is 2. The highest BCUT2D eigenvalue weighted by atomic mass is 16.7. The number of hydroxylamine groups is 2. The van der Waals surface area contributed by atoms with Gasteiger partial charge in [0.15, 0.2) is 0 Å². The normalized spacial score (nSPS) is 21.1. The van der Waals surface area contributed by atoms with E-state index in [0.29, 0.717) is 0 Å². The maximum atomic E-state index is 11.5. The summed E-state index contributed by atoms with van der Waals surface area (Å²) in [5, 5.41) is 9.02. The van der Waals surface area contributed by atoms with Crippen molar-refractivity contribution in [2.75, 3.05) is 19.8 Å². The van der Waals surface area contributed by atoms with E-state index in [1.165, 1.54) is 6.92 Å². The Bertz CT molecular complexity index is 378. The number of carbonyl (C=O) groups excluding carboxylic acids is 2. The smallest absolute Gasteiger partial charge is 0.269 e.